The van der Waals surface area contributed by atoms with Gasteiger partial charge in [-0.15, -0.1) is 0 Å². The predicted octanol–water partition coefficient (Wildman–Crippen LogP) is 3.58. The molecule has 21 heavy (non-hydrogen) atoms. The summed E-state index contributed by atoms with van der Waals surface area (Å²) in [5, 5.41) is 13.1. The van der Waals surface area contributed by atoms with E-state index in [1.54, 1.807) is 20.8 Å². The van der Waals surface area contributed by atoms with Crippen LogP contribution in [0.2, 0.25) is 0 Å². The minimum Gasteiger partial charge on any atom is -0.444 e. The van der Waals surface area contributed by atoms with Gasteiger partial charge in [-0.25, -0.2) is 4.79 Å². The zero-order valence-corrected chi connectivity index (χ0v) is 13.2. The van der Waals surface area contributed by atoms with Crippen molar-refractivity contribution in [2.45, 2.75) is 51.9 Å². The minimum absolute atomic E-state index is 0.464. The third-order valence-corrected chi connectivity index (χ3v) is 2.83. The van der Waals surface area contributed by atoms with Crippen molar-refractivity contribution in [2.24, 2.45) is 0 Å². The van der Waals surface area contributed by atoms with E-state index in [1.807, 2.05) is 49.4 Å². The van der Waals surface area contributed by atoms with E-state index in [4.69, 9.17) is 4.74 Å². The largest absolute Gasteiger partial charge is 0.444 e. The first-order chi connectivity index (χ1) is 9.83. The molecule has 0 heterocycles. The van der Waals surface area contributed by atoms with Crippen molar-refractivity contribution in [1.82, 2.24) is 5.32 Å². The van der Waals surface area contributed by atoms with Gasteiger partial charge in [0.1, 0.15) is 5.60 Å². The van der Waals surface area contributed by atoms with E-state index in [0.29, 0.717) is 6.42 Å². The van der Waals surface area contributed by atoms with E-state index >= 15 is 0 Å². The molecule has 1 aromatic carbocycles. The molecule has 1 amide bonds. The molecule has 0 aliphatic carbocycles. The summed E-state index contributed by atoms with van der Waals surface area (Å²) in [6, 6.07) is 8.90. The van der Waals surface area contributed by atoms with E-state index in [0.717, 1.165) is 5.56 Å². The molecule has 2 unspecified atom stereocenters. The second-order valence-corrected chi connectivity index (χ2v) is 5.91. The molecule has 1 aromatic rings. The van der Waals surface area contributed by atoms with E-state index in [1.165, 1.54) is 0 Å². The molecule has 0 spiro atoms. The van der Waals surface area contributed by atoms with Gasteiger partial charge >= 0.3 is 6.09 Å². The monoisotopic (exact) mass is 291 g/mol. The Morgan fingerprint density at radius 2 is 1.95 bits per heavy atom. The average Bonchev–Trinajstić information content (AvgIpc) is 2.41. The lowest BCUT2D eigenvalue weighted by atomic mass is 9.99. The van der Waals surface area contributed by atoms with Crippen LogP contribution in [0.3, 0.4) is 0 Å². The number of hydrogen-bond donors (Lipinski definition) is 2. The van der Waals surface area contributed by atoms with E-state index < -0.39 is 23.8 Å². The maximum absolute atomic E-state index is 12.0. The van der Waals surface area contributed by atoms with Crippen molar-refractivity contribution >= 4 is 6.09 Å². The maximum Gasteiger partial charge on any atom is 0.408 e. The number of rotatable bonds is 5. The molecule has 0 aromatic heterocycles. The second-order valence-electron chi connectivity index (χ2n) is 5.91. The number of amides is 1. The molecule has 0 saturated carbocycles. The summed E-state index contributed by atoms with van der Waals surface area (Å²) in [4.78, 5) is 12.0. The Bertz CT molecular complexity index is 463. The van der Waals surface area contributed by atoms with E-state index in [2.05, 4.69) is 5.32 Å². The molecule has 4 nitrogen and oxygen atoms in total. The zero-order valence-electron chi connectivity index (χ0n) is 13.2. The van der Waals surface area contributed by atoms with Gasteiger partial charge in [0.2, 0.25) is 0 Å². The maximum atomic E-state index is 12.0. The van der Waals surface area contributed by atoms with Gasteiger partial charge in [0.25, 0.3) is 0 Å². The van der Waals surface area contributed by atoms with Gasteiger partial charge in [0.05, 0.1) is 12.1 Å². The van der Waals surface area contributed by atoms with Crippen LogP contribution in [0.25, 0.3) is 0 Å². The van der Waals surface area contributed by atoms with Gasteiger partial charge in [0, 0.05) is 0 Å². The quantitative estimate of drug-likeness (QED) is 0.815. The Balaban J connectivity index is 2.85. The molecule has 0 saturated heterocycles. The van der Waals surface area contributed by atoms with Gasteiger partial charge in [-0.2, -0.15) is 0 Å². The summed E-state index contributed by atoms with van der Waals surface area (Å²) in [6.45, 7) is 7.31. The topological polar surface area (TPSA) is 58.6 Å². The van der Waals surface area contributed by atoms with E-state index in [9.17, 15) is 9.90 Å². The van der Waals surface area contributed by atoms with Crippen LogP contribution in [0, 0.1) is 0 Å². The van der Waals surface area contributed by atoms with Gasteiger partial charge in [0.15, 0.2) is 0 Å². The second kappa shape index (κ2) is 7.84. The Morgan fingerprint density at radius 3 is 2.48 bits per heavy atom. The van der Waals surface area contributed by atoms with Crippen LogP contribution in [0.5, 0.6) is 0 Å². The first kappa shape index (κ1) is 17.2. The highest BCUT2D eigenvalue weighted by atomic mass is 16.6. The molecular weight excluding hydrogens is 266 g/mol. The summed E-state index contributed by atoms with van der Waals surface area (Å²) < 4.78 is 5.27. The lowest BCUT2D eigenvalue weighted by Crippen LogP contribution is -2.39. The number of carbonyl (C=O) groups excluding carboxylic acids is 1. The lowest BCUT2D eigenvalue weighted by Gasteiger charge is -2.26. The van der Waals surface area contributed by atoms with Gasteiger partial charge in [-0.3, -0.25) is 0 Å². The predicted molar refractivity (Wildman–Crippen MR) is 84.0 cm³/mol. The number of carbonyl (C=O) groups is 1. The number of alkyl carbamates (subject to hydrolysis) is 1. The van der Waals surface area contributed by atoms with Crippen molar-refractivity contribution in [2.75, 3.05) is 0 Å². The smallest absolute Gasteiger partial charge is 0.408 e. The van der Waals surface area contributed by atoms with Crippen LogP contribution in [-0.4, -0.2) is 22.9 Å². The molecule has 1 rings (SSSR count). The lowest BCUT2D eigenvalue weighted by molar-refractivity contribution is 0.0423. The van der Waals surface area contributed by atoms with Crippen molar-refractivity contribution in [3.8, 4) is 0 Å². The number of hydrogen-bond acceptors (Lipinski definition) is 3. The van der Waals surface area contributed by atoms with Gasteiger partial charge < -0.3 is 15.2 Å². The summed E-state index contributed by atoms with van der Waals surface area (Å²) in [6.07, 6.45) is 2.97. The van der Waals surface area contributed by atoms with Gasteiger partial charge in [-0.1, -0.05) is 42.5 Å². The van der Waals surface area contributed by atoms with E-state index in [-0.39, 0.29) is 0 Å². The summed E-state index contributed by atoms with van der Waals surface area (Å²) in [5.41, 5.74) is 0.278. The highest BCUT2D eigenvalue weighted by molar-refractivity contribution is 5.68. The summed E-state index contributed by atoms with van der Waals surface area (Å²) >= 11 is 0. The number of benzene rings is 1. The normalized spacial score (nSPS) is 14.7. The average molecular weight is 291 g/mol. The van der Waals surface area contributed by atoms with Gasteiger partial charge in [-0.05, 0) is 39.7 Å². The molecule has 116 valence electrons. The third kappa shape index (κ3) is 6.45. The Morgan fingerprint density at radius 1 is 1.33 bits per heavy atom. The molecule has 0 aliphatic rings. The molecule has 2 N–H and O–H groups in total. The highest BCUT2D eigenvalue weighted by Gasteiger charge is 2.25. The Kier molecular flexibility index (Phi) is 6.43. The van der Waals surface area contributed by atoms with Crippen LogP contribution >= 0.6 is 0 Å². The fourth-order valence-corrected chi connectivity index (χ4v) is 1.91. The molecular formula is C17H25NO3. The SMILES string of the molecule is CC=CCC(O)C(NC(=O)OC(C)(C)C)c1ccccc1. The number of ether oxygens (including phenoxy) is 1. The Hall–Kier alpha value is -1.81. The van der Waals surface area contributed by atoms with Crippen molar-refractivity contribution < 1.29 is 14.6 Å². The first-order valence-electron chi connectivity index (χ1n) is 7.17. The molecule has 4 heteroatoms. The number of aliphatic hydroxyl groups excluding tert-OH is 1. The van der Waals surface area contributed by atoms with Crippen LogP contribution in [0.1, 0.15) is 45.7 Å². The fraction of sp³-hybridized carbons (Fsp3) is 0.471. The van der Waals surface area contributed by atoms with Crippen LogP contribution in [0.4, 0.5) is 4.79 Å². The molecule has 0 fully saturated rings. The van der Waals surface area contributed by atoms with Crippen molar-refractivity contribution in [3.63, 3.8) is 0 Å². The Labute approximate surface area is 126 Å². The van der Waals surface area contributed by atoms with Crippen LogP contribution in [0.15, 0.2) is 42.5 Å². The fourth-order valence-electron chi connectivity index (χ4n) is 1.91. The molecule has 0 bridgehead atoms. The summed E-state index contributed by atoms with van der Waals surface area (Å²) in [5.74, 6) is 0. The highest BCUT2D eigenvalue weighted by Crippen LogP contribution is 2.20. The van der Waals surface area contributed by atoms with Crippen molar-refractivity contribution in [3.05, 3.63) is 48.0 Å². The summed E-state index contributed by atoms with van der Waals surface area (Å²) in [7, 11) is 0. The molecule has 2 atom stereocenters. The first-order valence-corrected chi connectivity index (χ1v) is 7.17. The van der Waals surface area contributed by atoms with Crippen molar-refractivity contribution in [1.29, 1.82) is 0 Å². The zero-order chi connectivity index (χ0) is 15.9. The standard InChI is InChI=1S/C17H25NO3/c1-5-6-12-14(19)15(13-10-8-7-9-11-13)18-16(20)21-17(2,3)4/h5-11,14-15,19H,12H2,1-4H3,(H,18,20). The molecule has 0 radical (unpaired) electrons. The minimum atomic E-state index is -0.712. The third-order valence-electron chi connectivity index (χ3n) is 2.83. The van der Waals surface area contributed by atoms with Crippen LogP contribution < -0.4 is 5.32 Å². The number of aliphatic hydroxyl groups is 1. The number of allylic oxidation sites excluding steroid dienone is 1. The number of nitrogens with one attached hydrogen (secondary N) is 1. The van der Waals surface area contributed by atoms with Crippen LogP contribution in [-0.2, 0) is 4.74 Å². The molecule has 0 aliphatic heterocycles.